The second-order valence-corrected chi connectivity index (χ2v) is 4.23. The highest BCUT2D eigenvalue weighted by Gasteiger charge is 2.22. The van der Waals surface area contributed by atoms with Gasteiger partial charge in [-0.05, 0) is 31.4 Å². The first-order chi connectivity index (χ1) is 7.77. The fraction of sp³-hybridized carbons (Fsp3) is 0.417. The highest BCUT2D eigenvalue weighted by Crippen LogP contribution is 2.25. The Kier molecular flexibility index (Phi) is 3.67. The monoisotopic (exact) mass is 239 g/mol. The molecule has 1 aliphatic rings. The average molecular weight is 240 g/mol. The van der Waals surface area contributed by atoms with Crippen LogP contribution in [0.15, 0.2) is 24.3 Å². The quantitative estimate of drug-likeness (QED) is 0.861. The number of rotatable bonds is 2. The first kappa shape index (κ1) is 11.3. The molecule has 1 unspecified atom stereocenters. The molecule has 1 aromatic carbocycles. The zero-order valence-corrected chi connectivity index (χ0v) is 9.67. The molecule has 0 saturated carbocycles. The Labute approximate surface area is 99.7 Å². The van der Waals surface area contributed by atoms with Gasteiger partial charge in [-0.25, -0.2) is 0 Å². The van der Waals surface area contributed by atoms with Gasteiger partial charge >= 0.3 is 0 Å². The third kappa shape index (κ3) is 2.67. The van der Waals surface area contributed by atoms with Crippen molar-refractivity contribution >= 4 is 17.5 Å². The van der Waals surface area contributed by atoms with Gasteiger partial charge in [0.2, 0.25) is 0 Å². The SMILES string of the molecule is O=C1NCCCCC1Oc1ccccc1Cl. The maximum absolute atomic E-state index is 11.7. The third-order valence-corrected chi connectivity index (χ3v) is 2.90. The number of carbonyl (C=O) groups is 1. The first-order valence-electron chi connectivity index (χ1n) is 5.46. The normalized spacial score (nSPS) is 21.1. The van der Waals surface area contributed by atoms with Crippen molar-refractivity contribution in [3.05, 3.63) is 29.3 Å². The minimum Gasteiger partial charge on any atom is -0.479 e. The molecule has 1 aliphatic heterocycles. The third-order valence-electron chi connectivity index (χ3n) is 2.59. The molecule has 0 bridgehead atoms. The standard InChI is InChI=1S/C12H14ClNO2/c13-9-5-1-2-6-10(9)16-11-7-3-4-8-14-12(11)15/h1-2,5-6,11H,3-4,7-8H2,(H,14,15). The summed E-state index contributed by atoms with van der Waals surface area (Å²) in [6.07, 6.45) is 2.33. The molecule has 0 aliphatic carbocycles. The molecule has 1 atom stereocenters. The average Bonchev–Trinajstić information content (AvgIpc) is 2.48. The molecule has 4 heteroatoms. The van der Waals surface area contributed by atoms with E-state index in [0.717, 1.165) is 25.8 Å². The van der Waals surface area contributed by atoms with Crippen LogP contribution in [0.3, 0.4) is 0 Å². The minimum atomic E-state index is -0.414. The summed E-state index contributed by atoms with van der Waals surface area (Å²) in [6, 6.07) is 7.21. The molecule has 1 aromatic rings. The van der Waals surface area contributed by atoms with E-state index in [0.29, 0.717) is 10.8 Å². The largest absolute Gasteiger partial charge is 0.479 e. The van der Waals surface area contributed by atoms with E-state index in [4.69, 9.17) is 16.3 Å². The topological polar surface area (TPSA) is 38.3 Å². The number of nitrogens with one attached hydrogen (secondary N) is 1. The minimum absolute atomic E-state index is 0.0441. The van der Waals surface area contributed by atoms with Crippen molar-refractivity contribution in [1.82, 2.24) is 5.32 Å². The van der Waals surface area contributed by atoms with Gasteiger partial charge in [-0.3, -0.25) is 4.79 Å². The summed E-state index contributed by atoms with van der Waals surface area (Å²) in [5.74, 6) is 0.531. The van der Waals surface area contributed by atoms with E-state index < -0.39 is 6.10 Å². The van der Waals surface area contributed by atoms with Crippen LogP contribution in [0.2, 0.25) is 5.02 Å². The molecule has 0 aromatic heterocycles. The fourth-order valence-electron chi connectivity index (χ4n) is 1.72. The Morgan fingerprint density at radius 2 is 2.12 bits per heavy atom. The lowest BCUT2D eigenvalue weighted by Crippen LogP contribution is -2.36. The van der Waals surface area contributed by atoms with Gasteiger partial charge in [0.1, 0.15) is 5.75 Å². The Hall–Kier alpha value is -1.22. The molecule has 0 radical (unpaired) electrons. The van der Waals surface area contributed by atoms with Crippen molar-refractivity contribution in [2.24, 2.45) is 0 Å². The molecule has 1 fully saturated rings. The van der Waals surface area contributed by atoms with Gasteiger partial charge in [0.05, 0.1) is 5.02 Å². The Balaban J connectivity index is 2.08. The zero-order chi connectivity index (χ0) is 11.4. The van der Waals surface area contributed by atoms with E-state index in [1.54, 1.807) is 12.1 Å². The van der Waals surface area contributed by atoms with Crippen molar-refractivity contribution in [3.8, 4) is 5.75 Å². The van der Waals surface area contributed by atoms with Gasteiger partial charge in [-0.15, -0.1) is 0 Å². The summed E-state index contributed by atoms with van der Waals surface area (Å²) in [6.45, 7) is 0.737. The predicted molar refractivity (Wildman–Crippen MR) is 62.7 cm³/mol. The molecule has 1 N–H and O–H groups in total. The summed E-state index contributed by atoms with van der Waals surface area (Å²) in [7, 11) is 0. The smallest absolute Gasteiger partial charge is 0.261 e. The molecule has 1 amide bonds. The molecule has 3 nitrogen and oxygen atoms in total. The first-order valence-corrected chi connectivity index (χ1v) is 5.84. The van der Waals surface area contributed by atoms with Gasteiger partial charge in [0, 0.05) is 6.54 Å². The molecule has 2 rings (SSSR count). The summed E-state index contributed by atoms with van der Waals surface area (Å²) < 4.78 is 5.63. The van der Waals surface area contributed by atoms with Crippen molar-refractivity contribution in [3.63, 3.8) is 0 Å². The number of benzene rings is 1. The molecule has 86 valence electrons. The van der Waals surface area contributed by atoms with Crippen molar-refractivity contribution in [2.75, 3.05) is 6.54 Å². The van der Waals surface area contributed by atoms with E-state index >= 15 is 0 Å². The maximum Gasteiger partial charge on any atom is 0.261 e. The van der Waals surface area contributed by atoms with Crippen LogP contribution in [0, 0.1) is 0 Å². The van der Waals surface area contributed by atoms with E-state index in [9.17, 15) is 4.79 Å². The predicted octanol–water partition coefficient (Wildman–Crippen LogP) is 2.39. The second kappa shape index (κ2) is 5.21. The molecular formula is C12H14ClNO2. The van der Waals surface area contributed by atoms with Crippen LogP contribution >= 0.6 is 11.6 Å². The van der Waals surface area contributed by atoms with Crippen LogP contribution in [0.25, 0.3) is 0 Å². The zero-order valence-electron chi connectivity index (χ0n) is 8.91. The maximum atomic E-state index is 11.7. The van der Waals surface area contributed by atoms with Crippen LogP contribution < -0.4 is 10.1 Å². The molecular weight excluding hydrogens is 226 g/mol. The van der Waals surface area contributed by atoms with Crippen LogP contribution in [0.4, 0.5) is 0 Å². The molecule has 1 saturated heterocycles. The summed E-state index contributed by atoms with van der Waals surface area (Å²) in [5, 5.41) is 3.37. The van der Waals surface area contributed by atoms with E-state index in [2.05, 4.69) is 5.32 Å². The lowest BCUT2D eigenvalue weighted by atomic mass is 10.2. The van der Waals surface area contributed by atoms with Crippen LogP contribution in [-0.4, -0.2) is 18.6 Å². The lowest BCUT2D eigenvalue weighted by molar-refractivity contribution is -0.127. The Morgan fingerprint density at radius 1 is 1.31 bits per heavy atom. The van der Waals surface area contributed by atoms with Crippen molar-refractivity contribution < 1.29 is 9.53 Å². The van der Waals surface area contributed by atoms with Crippen LogP contribution in [-0.2, 0) is 4.79 Å². The molecule has 0 spiro atoms. The van der Waals surface area contributed by atoms with Crippen molar-refractivity contribution in [2.45, 2.75) is 25.4 Å². The highest BCUT2D eigenvalue weighted by atomic mass is 35.5. The van der Waals surface area contributed by atoms with Gasteiger partial charge in [0.25, 0.3) is 5.91 Å². The number of carbonyl (C=O) groups excluding carboxylic acids is 1. The molecule has 1 heterocycles. The van der Waals surface area contributed by atoms with Gasteiger partial charge < -0.3 is 10.1 Å². The van der Waals surface area contributed by atoms with E-state index in [1.165, 1.54) is 0 Å². The number of amides is 1. The number of hydrogen-bond donors (Lipinski definition) is 1. The van der Waals surface area contributed by atoms with E-state index in [1.807, 2.05) is 12.1 Å². The highest BCUT2D eigenvalue weighted by molar-refractivity contribution is 6.32. The number of ether oxygens (including phenoxy) is 1. The number of hydrogen-bond acceptors (Lipinski definition) is 2. The van der Waals surface area contributed by atoms with Crippen molar-refractivity contribution in [1.29, 1.82) is 0 Å². The Morgan fingerprint density at radius 3 is 2.94 bits per heavy atom. The Bertz CT molecular complexity index is 381. The fourth-order valence-corrected chi connectivity index (χ4v) is 1.90. The molecule has 16 heavy (non-hydrogen) atoms. The van der Waals surface area contributed by atoms with E-state index in [-0.39, 0.29) is 5.91 Å². The van der Waals surface area contributed by atoms with Gasteiger partial charge in [-0.2, -0.15) is 0 Å². The van der Waals surface area contributed by atoms with Gasteiger partial charge in [-0.1, -0.05) is 23.7 Å². The van der Waals surface area contributed by atoms with Gasteiger partial charge in [0.15, 0.2) is 6.10 Å². The second-order valence-electron chi connectivity index (χ2n) is 3.82. The number of para-hydroxylation sites is 1. The summed E-state index contributed by atoms with van der Waals surface area (Å²) in [4.78, 5) is 11.7. The summed E-state index contributed by atoms with van der Waals surface area (Å²) in [5.41, 5.74) is 0. The lowest BCUT2D eigenvalue weighted by Gasteiger charge is -2.16. The summed E-state index contributed by atoms with van der Waals surface area (Å²) >= 11 is 5.98. The van der Waals surface area contributed by atoms with Crippen LogP contribution in [0.5, 0.6) is 5.75 Å². The number of halogens is 1. The van der Waals surface area contributed by atoms with Crippen LogP contribution in [0.1, 0.15) is 19.3 Å².